The number of rotatable bonds is 5. The first kappa shape index (κ1) is 19.1. The molecule has 0 saturated carbocycles. The summed E-state index contributed by atoms with van der Waals surface area (Å²) in [5.74, 6) is 1.48. The Hall–Kier alpha value is -3.27. The number of hydrogen-bond acceptors (Lipinski definition) is 3. The van der Waals surface area contributed by atoms with E-state index < -0.39 is 0 Å². The molecule has 0 unspecified atom stereocenters. The Kier molecular flexibility index (Phi) is 5.80. The molecule has 148 valence electrons. The van der Waals surface area contributed by atoms with Crippen molar-refractivity contribution in [2.75, 3.05) is 13.1 Å². The Morgan fingerprint density at radius 2 is 1.66 bits per heavy atom. The molecule has 1 aliphatic heterocycles. The molecule has 0 aliphatic carbocycles. The normalized spacial score (nSPS) is 14.6. The molecule has 4 heteroatoms. The van der Waals surface area contributed by atoms with Crippen LogP contribution in [0.1, 0.15) is 40.2 Å². The van der Waals surface area contributed by atoms with Crippen LogP contribution in [0, 0.1) is 0 Å². The highest BCUT2D eigenvalue weighted by atomic mass is 16.5. The van der Waals surface area contributed by atoms with Gasteiger partial charge in [-0.25, -0.2) is 0 Å². The molecule has 1 amide bonds. The highest BCUT2D eigenvalue weighted by Gasteiger charge is 2.24. The molecular formula is C25H25NO3. The van der Waals surface area contributed by atoms with Crippen LogP contribution in [0.15, 0.2) is 78.9 Å². The van der Waals surface area contributed by atoms with Crippen LogP contribution in [-0.2, 0) is 6.61 Å². The first-order valence-corrected chi connectivity index (χ1v) is 10.0. The van der Waals surface area contributed by atoms with Gasteiger partial charge in [0.25, 0.3) is 5.91 Å². The molecule has 3 aromatic rings. The van der Waals surface area contributed by atoms with E-state index in [1.165, 1.54) is 5.56 Å². The summed E-state index contributed by atoms with van der Waals surface area (Å²) in [7, 11) is 0. The van der Waals surface area contributed by atoms with Gasteiger partial charge in [0.2, 0.25) is 0 Å². The fraction of sp³-hybridized carbons (Fsp3) is 0.240. The Labute approximate surface area is 171 Å². The number of amides is 1. The van der Waals surface area contributed by atoms with Crippen LogP contribution in [0.4, 0.5) is 0 Å². The van der Waals surface area contributed by atoms with Crippen molar-refractivity contribution in [1.82, 2.24) is 4.90 Å². The number of likely N-dealkylation sites (tertiary alicyclic amines) is 1. The number of phenolic OH excluding ortho intramolecular Hbond substituents is 1. The summed E-state index contributed by atoms with van der Waals surface area (Å²) < 4.78 is 5.86. The lowest BCUT2D eigenvalue weighted by Gasteiger charge is -2.32. The summed E-state index contributed by atoms with van der Waals surface area (Å²) >= 11 is 0. The van der Waals surface area contributed by atoms with Gasteiger partial charge < -0.3 is 14.7 Å². The first-order chi connectivity index (χ1) is 14.2. The fourth-order valence-corrected chi connectivity index (χ4v) is 3.80. The smallest absolute Gasteiger partial charge is 0.253 e. The third kappa shape index (κ3) is 4.77. The number of carbonyl (C=O) groups excluding carboxylic acids is 1. The highest BCUT2D eigenvalue weighted by molar-refractivity contribution is 5.94. The van der Waals surface area contributed by atoms with Crippen molar-refractivity contribution in [3.63, 3.8) is 0 Å². The number of ether oxygens (including phenoxy) is 1. The molecule has 3 aromatic carbocycles. The van der Waals surface area contributed by atoms with E-state index in [9.17, 15) is 9.90 Å². The van der Waals surface area contributed by atoms with Crippen molar-refractivity contribution in [2.45, 2.75) is 25.4 Å². The van der Waals surface area contributed by atoms with Crippen molar-refractivity contribution in [3.05, 3.63) is 95.6 Å². The molecule has 0 aromatic heterocycles. The second-order valence-electron chi connectivity index (χ2n) is 7.46. The molecule has 4 nitrogen and oxygen atoms in total. The standard InChI is InChI=1S/C25H25NO3/c27-23-11-9-20(10-12-23)21-13-15-26(16-14-21)25(28)22-7-4-8-24(17-22)29-18-19-5-2-1-3-6-19/h1-12,17,21,27H,13-16,18H2. The van der Waals surface area contributed by atoms with Gasteiger partial charge in [-0.3, -0.25) is 4.79 Å². The van der Waals surface area contributed by atoms with Gasteiger partial charge in [-0.2, -0.15) is 0 Å². The zero-order valence-corrected chi connectivity index (χ0v) is 16.3. The number of carbonyl (C=O) groups is 1. The van der Waals surface area contributed by atoms with Gasteiger partial charge in [0.05, 0.1) is 0 Å². The maximum atomic E-state index is 13.0. The molecule has 1 N–H and O–H groups in total. The summed E-state index contributed by atoms with van der Waals surface area (Å²) in [6, 6.07) is 24.8. The number of aromatic hydroxyl groups is 1. The minimum Gasteiger partial charge on any atom is -0.508 e. The molecule has 0 bridgehead atoms. The maximum absolute atomic E-state index is 13.0. The van der Waals surface area contributed by atoms with Gasteiger partial charge in [0, 0.05) is 18.7 Å². The van der Waals surface area contributed by atoms with E-state index in [0.29, 0.717) is 23.8 Å². The summed E-state index contributed by atoms with van der Waals surface area (Å²) in [5.41, 5.74) is 2.99. The lowest BCUT2D eigenvalue weighted by molar-refractivity contribution is 0.0712. The van der Waals surface area contributed by atoms with Crippen molar-refractivity contribution in [3.8, 4) is 11.5 Å². The average Bonchev–Trinajstić information content (AvgIpc) is 2.79. The molecule has 0 atom stereocenters. The molecular weight excluding hydrogens is 362 g/mol. The highest BCUT2D eigenvalue weighted by Crippen LogP contribution is 2.30. The molecule has 1 saturated heterocycles. The van der Waals surface area contributed by atoms with Gasteiger partial charge in [-0.1, -0.05) is 48.5 Å². The van der Waals surface area contributed by atoms with Crippen LogP contribution in [0.5, 0.6) is 11.5 Å². The Morgan fingerprint density at radius 3 is 2.38 bits per heavy atom. The van der Waals surface area contributed by atoms with Crippen LogP contribution >= 0.6 is 0 Å². The minimum atomic E-state index is 0.0549. The quantitative estimate of drug-likeness (QED) is 0.671. The predicted molar refractivity (Wildman–Crippen MR) is 113 cm³/mol. The largest absolute Gasteiger partial charge is 0.508 e. The lowest BCUT2D eigenvalue weighted by atomic mass is 9.89. The Morgan fingerprint density at radius 1 is 0.931 bits per heavy atom. The monoisotopic (exact) mass is 387 g/mol. The van der Waals surface area contributed by atoms with Crippen molar-refractivity contribution in [1.29, 1.82) is 0 Å². The van der Waals surface area contributed by atoms with Crippen molar-refractivity contribution in [2.24, 2.45) is 0 Å². The molecule has 4 rings (SSSR count). The van der Waals surface area contributed by atoms with Crippen molar-refractivity contribution < 1.29 is 14.6 Å². The third-order valence-corrected chi connectivity index (χ3v) is 5.48. The third-order valence-electron chi connectivity index (χ3n) is 5.48. The number of nitrogens with zero attached hydrogens (tertiary/aromatic N) is 1. The lowest BCUT2D eigenvalue weighted by Crippen LogP contribution is -2.37. The zero-order valence-electron chi connectivity index (χ0n) is 16.3. The van der Waals surface area contributed by atoms with Gasteiger partial charge in [0.15, 0.2) is 0 Å². The minimum absolute atomic E-state index is 0.0549. The molecule has 0 radical (unpaired) electrons. The molecule has 1 heterocycles. The van der Waals surface area contributed by atoms with E-state index >= 15 is 0 Å². The number of piperidine rings is 1. The van der Waals surface area contributed by atoms with E-state index in [-0.39, 0.29) is 11.7 Å². The molecule has 0 spiro atoms. The fourth-order valence-electron chi connectivity index (χ4n) is 3.80. The van der Waals surface area contributed by atoms with Crippen LogP contribution in [0.3, 0.4) is 0 Å². The van der Waals surface area contributed by atoms with E-state index in [0.717, 1.165) is 31.5 Å². The number of benzene rings is 3. The summed E-state index contributed by atoms with van der Waals surface area (Å²) in [4.78, 5) is 14.9. The summed E-state index contributed by atoms with van der Waals surface area (Å²) in [6.07, 6.45) is 1.86. The SMILES string of the molecule is O=C(c1cccc(OCc2ccccc2)c1)N1CCC(c2ccc(O)cc2)CC1. The van der Waals surface area contributed by atoms with Gasteiger partial charge in [-0.15, -0.1) is 0 Å². The zero-order chi connectivity index (χ0) is 20.1. The van der Waals surface area contributed by atoms with Crippen LogP contribution in [0.2, 0.25) is 0 Å². The predicted octanol–water partition coefficient (Wildman–Crippen LogP) is 4.99. The van der Waals surface area contributed by atoms with Gasteiger partial charge in [0.1, 0.15) is 18.1 Å². The molecule has 1 aliphatic rings. The topological polar surface area (TPSA) is 49.8 Å². The Bertz CT molecular complexity index is 945. The number of hydrogen-bond donors (Lipinski definition) is 1. The van der Waals surface area contributed by atoms with Crippen molar-refractivity contribution >= 4 is 5.91 Å². The van der Waals surface area contributed by atoms with E-state index in [1.54, 1.807) is 12.1 Å². The summed E-state index contributed by atoms with van der Waals surface area (Å²) in [6.45, 7) is 1.95. The van der Waals surface area contributed by atoms with Crippen LogP contribution in [0.25, 0.3) is 0 Å². The van der Waals surface area contributed by atoms with Crippen LogP contribution < -0.4 is 4.74 Å². The van der Waals surface area contributed by atoms with E-state index in [1.807, 2.05) is 71.6 Å². The molecule has 29 heavy (non-hydrogen) atoms. The van der Waals surface area contributed by atoms with E-state index in [2.05, 4.69) is 0 Å². The van der Waals surface area contributed by atoms with Gasteiger partial charge in [-0.05, 0) is 60.2 Å². The maximum Gasteiger partial charge on any atom is 0.253 e. The second-order valence-corrected chi connectivity index (χ2v) is 7.46. The average molecular weight is 387 g/mol. The van der Waals surface area contributed by atoms with Crippen LogP contribution in [-0.4, -0.2) is 29.0 Å². The molecule has 1 fully saturated rings. The summed E-state index contributed by atoms with van der Waals surface area (Å²) in [5, 5.41) is 9.46. The Balaban J connectivity index is 1.35. The van der Waals surface area contributed by atoms with E-state index in [4.69, 9.17) is 4.74 Å². The second kappa shape index (κ2) is 8.82. The van der Waals surface area contributed by atoms with Gasteiger partial charge >= 0.3 is 0 Å². The number of phenols is 1. The first-order valence-electron chi connectivity index (χ1n) is 10.0.